The molecule has 0 aliphatic heterocycles. The first-order valence-electron chi connectivity index (χ1n) is 11.1. The van der Waals surface area contributed by atoms with Crippen molar-refractivity contribution in [1.82, 2.24) is 25.1 Å². The highest BCUT2D eigenvalue weighted by Gasteiger charge is 2.39. The summed E-state index contributed by atoms with van der Waals surface area (Å²) >= 11 is 0. The Hall–Kier alpha value is -2.81. The second-order valence-corrected chi connectivity index (χ2v) is 9.15. The molecule has 0 bridgehead atoms. The van der Waals surface area contributed by atoms with Crippen LogP contribution in [0.2, 0.25) is 0 Å². The Balaban J connectivity index is 1.66. The van der Waals surface area contributed by atoms with Crippen LogP contribution in [0.15, 0.2) is 30.5 Å². The maximum absolute atomic E-state index is 13.8. The molecule has 3 aromatic rings. The van der Waals surface area contributed by atoms with Crippen LogP contribution in [0, 0.1) is 11.8 Å². The summed E-state index contributed by atoms with van der Waals surface area (Å²) in [7, 11) is 1.69. The molecular formula is C23H30F2N6O. The zero-order chi connectivity index (χ0) is 23.0. The molecule has 9 heteroatoms. The summed E-state index contributed by atoms with van der Waals surface area (Å²) in [6, 6.07) is 6.86. The number of nitrogens with one attached hydrogen (secondary N) is 2. The third-order valence-electron chi connectivity index (χ3n) is 6.50. The second-order valence-electron chi connectivity index (χ2n) is 9.15. The number of hydrogen-bond acceptors (Lipinski definition) is 4. The van der Waals surface area contributed by atoms with E-state index in [1.54, 1.807) is 19.3 Å². The van der Waals surface area contributed by atoms with Crippen LogP contribution in [0.4, 0.5) is 8.78 Å². The van der Waals surface area contributed by atoms with Crippen molar-refractivity contribution in [1.29, 1.82) is 0 Å². The van der Waals surface area contributed by atoms with Crippen LogP contribution >= 0.6 is 0 Å². The predicted octanol–water partition coefficient (Wildman–Crippen LogP) is 4.25. The molecule has 2 heterocycles. The number of H-pyrrole nitrogens is 1. The number of halogens is 2. The summed E-state index contributed by atoms with van der Waals surface area (Å²) in [5, 5.41) is 7.07. The lowest BCUT2D eigenvalue weighted by atomic mass is 9.81. The first-order valence-corrected chi connectivity index (χ1v) is 11.1. The van der Waals surface area contributed by atoms with Gasteiger partial charge in [-0.2, -0.15) is 5.10 Å². The number of carbonyl (C=O) groups is 1. The number of aromatic amines is 1. The normalized spacial score (nSPS) is 18.7. The zero-order valence-corrected chi connectivity index (χ0v) is 18.6. The van der Waals surface area contributed by atoms with Crippen LogP contribution in [0.5, 0.6) is 0 Å². The third-order valence-corrected chi connectivity index (χ3v) is 6.50. The molecule has 1 amide bonds. The number of aromatic nitrogens is 4. The molecule has 7 nitrogen and oxygen atoms in total. The van der Waals surface area contributed by atoms with Crippen LogP contribution in [-0.2, 0) is 7.05 Å². The summed E-state index contributed by atoms with van der Waals surface area (Å²) in [5.41, 5.74) is 9.25. The number of alkyl halides is 2. The minimum Gasteiger partial charge on any atom is -0.340 e. The highest BCUT2D eigenvalue weighted by Crippen LogP contribution is 2.41. The van der Waals surface area contributed by atoms with Gasteiger partial charge in [-0.1, -0.05) is 19.9 Å². The van der Waals surface area contributed by atoms with Gasteiger partial charge >= 0.3 is 0 Å². The van der Waals surface area contributed by atoms with E-state index >= 15 is 0 Å². The summed E-state index contributed by atoms with van der Waals surface area (Å²) in [6.45, 7) is 4.13. The van der Waals surface area contributed by atoms with E-state index in [2.05, 4.69) is 29.2 Å². The average Bonchev–Trinajstić information content (AvgIpc) is 3.36. The van der Waals surface area contributed by atoms with Gasteiger partial charge in [0.25, 0.3) is 5.91 Å². The zero-order valence-electron chi connectivity index (χ0n) is 18.6. The number of hydrogen-bond donors (Lipinski definition) is 3. The van der Waals surface area contributed by atoms with Gasteiger partial charge in [0.15, 0.2) is 0 Å². The number of benzene rings is 1. The predicted molar refractivity (Wildman–Crippen MR) is 118 cm³/mol. The number of amides is 1. The maximum atomic E-state index is 13.8. The van der Waals surface area contributed by atoms with Gasteiger partial charge in [0.2, 0.25) is 5.92 Å². The third kappa shape index (κ3) is 4.53. The molecular weight excluding hydrogens is 414 g/mol. The summed E-state index contributed by atoms with van der Waals surface area (Å²) in [5.74, 6) is -2.26. The fourth-order valence-electron chi connectivity index (χ4n) is 4.40. The molecule has 2 aromatic heterocycles. The lowest BCUT2D eigenvalue weighted by Crippen LogP contribution is -2.38. The van der Waals surface area contributed by atoms with Gasteiger partial charge in [0.1, 0.15) is 11.5 Å². The lowest BCUT2D eigenvalue weighted by molar-refractivity contribution is -0.0496. The molecule has 4 N–H and O–H groups in total. The quantitative estimate of drug-likeness (QED) is 0.529. The first-order chi connectivity index (χ1) is 15.1. The molecule has 172 valence electrons. The van der Waals surface area contributed by atoms with Gasteiger partial charge in [-0.15, -0.1) is 0 Å². The van der Waals surface area contributed by atoms with Crippen LogP contribution in [-0.4, -0.2) is 31.6 Å². The Kier molecular flexibility index (Phi) is 6.03. The molecule has 0 saturated heterocycles. The largest absolute Gasteiger partial charge is 0.340 e. The van der Waals surface area contributed by atoms with E-state index in [4.69, 9.17) is 10.7 Å². The van der Waals surface area contributed by atoms with Crippen molar-refractivity contribution < 1.29 is 13.6 Å². The smallest absolute Gasteiger partial charge is 0.270 e. The topological polar surface area (TPSA) is 102 Å². The molecule has 1 saturated carbocycles. The Morgan fingerprint density at radius 2 is 2.00 bits per heavy atom. The molecule has 4 rings (SSSR count). The molecule has 1 aliphatic rings. The number of imidazole rings is 1. The number of fused-ring (bicyclic) bond motifs is 1. The monoisotopic (exact) mass is 444 g/mol. The van der Waals surface area contributed by atoms with Crippen molar-refractivity contribution in [2.24, 2.45) is 24.6 Å². The highest BCUT2D eigenvalue weighted by atomic mass is 19.3. The van der Waals surface area contributed by atoms with E-state index in [1.807, 2.05) is 18.2 Å². The Morgan fingerprint density at radius 1 is 1.28 bits per heavy atom. The molecule has 1 aromatic carbocycles. The Morgan fingerprint density at radius 3 is 2.62 bits per heavy atom. The van der Waals surface area contributed by atoms with Crippen molar-refractivity contribution in [3.63, 3.8) is 0 Å². The van der Waals surface area contributed by atoms with Crippen LogP contribution in [0.1, 0.15) is 73.5 Å². The van der Waals surface area contributed by atoms with Crippen molar-refractivity contribution >= 4 is 16.9 Å². The molecule has 1 fully saturated rings. The highest BCUT2D eigenvalue weighted by molar-refractivity contribution is 5.92. The van der Waals surface area contributed by atoms with Gasteiger partial charge < -0.3 is 16.0 Å². The van der Waals surface area contributed by atoms with Gasteiger partial charge in [0.05, 0.1) is 17.1 Å². The number of carbonyl (C=O) groups excluding carboxylic acids is 1. The maximum Gasteiger partial charge on any atom is 0.270 e. The minimum atomic E-state index is -2.65. The van der Waals surface area contributed by atoms with Gasteiger partial charge in [-0.05, 0) is 48.4 Å². The Bertz CT molecular complexity index is 1100. The fraction of sp³-hybridized carbons (Fsp3) is 0.522. The van der Waals surface area contributed by atoms with Gasteiger partial charge in [-0.25, -0.2) is 13.8 Å². The van der Waals surface area contributed by atoms with Crippen LogP contribution in [0.25, 0.3) is 11.0 Å². The number of nitrogens with two attached hydrogens (primary N) is 1. The molecule has 32 heavy (non-hydrogen) atoms. The van der Waals surface area contributed by atoms with Gasteiger partial charge in [-0.3, -0.25) is 9.48 Å². The molecule has 1 aliphatic carbocycles. The lowest BCUT2D eigenvalue weighted by Gasteiger charge is -2.33. The standard InChI is InChI=1S/C23H30F2N6O/c1-13(2)19(26)15-4-5-16-17(12-15)29-21(28-16)20(14-6-9-23(24,25)10-7-14)30-22(32)18-8-11-27-31(18)3/h4-5,8,11-14,19-20H,6-7,9-10,26H2,1-3H3,(H,28,29)(H,30,32)/t19?,20-/m0/s1. The van der Waals surface area contributed by atoms with E-state index in [0.717, 1.165) is 16.6 Å². The van der Waals surface area contributed by atoms with Crippen molar-refractivity contribution in [2.75, 3.05) is 0 Å². The average molecular weight is 445 g/mol. The minimum absolute atomic E-state index is 0.111. The second kappa shape index (κ2) is 8.61. The van der Waals surface area contributed by atoms with E-state index in [9.17, 15) is 13.6 Å². The first kappa shape index (κ1) is 22.4. The van der Waals surface area contributed by atoms with E-state index in [-0.39, 0.29) is 36.6 Å². The molecule has 2 atom stereocenters. The number of rotatable bonds is 6. The van der Waals surface area contributed by atoms with Crippen molar-refractivity contribution in [2.45, 2.75) is 57.5 Å². The summed E-state index contributed by atoms with van der Waals surface area (Å²) in [4.78, 5) is 21.0. The SMILES string of the molecule is CC(C)C(N)c1ccc2[nH]c([C@@H](NC(=O)c3ccnn3C)C3CCC(F)(F)CC3)nc2c1. The summed E-state index contributed by atoms with van der Waals surface area (Å²) in [6.07, 6.45) is 1.78. The van der Waals surface area contributed by atoms with Crippen molar-refractivity contribution in [3.05, 3.63) is 47.5 Å². The van der Waals surface area contributed by atoms with Gasteiger partial charge in [0, 0.05) is 32.1 Å². The molecule has 0 radical (unpaired) electrons. The Labute approximate surface area is 185 Å². The van der Waals surface area contributed by atoms with E-state index in [0.29, 0.717) is 24.4 Å². The number of aryl methyl sites for hydroxylation is 1. The molecule has 1 unspecified atom stereocenters. The van der Waals surface area contributed by atoms with Crippen LogP contribution < -0.4 is 11.1 Å². The van der Waals surface area contributed by atoms with E-state index in [1.165, 1.54) is 4.68 Å². The van der Waals surface area contributed by atoms with Crippen LogP contribution in [0.3, 0.4) is 0 Å². The van der Waals surface area contributed by atoms with Crippen molar-refractivity contribution in [3.8, 4) is 0 Å². The fourth-order valence-corrected chi connectivity index (χ4v) is 4.40. The molecule has 0 spiro atoms. The summed E-state index contributed by atoms with van der Waals surface area (Å²) < 4.78 is 29.1. The van der Waals surface area contributed by atoms with E-state index < -0.39 is 12.0 Å². The number of nitrogens with zero attached hydrogens (tertiary/aromatic N) is 3.